The fourth-order valence-electron chi connectivity index (χ4n) is 3.58. The Morgan fingerprint density at radius 2 is 1.65 bits per heavy atom. The van der Waals surface area contributed by atoms with E-state index in [2.05, 4.69) is 45.1 Å². The van der Waals surface area contributed by atoms with E-state index in [4.69, 9.17) is 4.74 Å². The Bertz CT molecular complexity index is 994. The normalized spacial score (nSPS) is 11.8. The Kier molecular flexibility index (Phi) is 10.4. The minimum absolute atomic E-state index is 0.0945. The van der Waals surface area contributed by atoms with E-state index in [1.54, 1.807) is 0 Å². The molecule has 0 bridgehead atoms. The molecule has 0 aliphatic rings. The summed E-state index contributed by atoms with van der Waals surface area (Å²) in [6.45, 7) is 9.67. The maximum atomic E-state index is 12.3. The number of carbonyl (C=O) groups excluding carboxylic acids is 1. The number of carbonyl (C=O) groups is 1. The van der Waals surface area contributed by atoms with Crippen LogP contribution in [0.4, 0.5) is 5.69 Å². The lowest BCUT2D eigenvalue weighted by molar-refractivity contribution is -0.121. The molecule has 0 spiro atoms. The van der Waals surface area contributed by atoms with Crippen molar-refractivity contribution in [3.63, 3.8) is 0 Å². The third-order valence-corrected chi connectivity index (χ3v) is 6.82. The van der Waals surface area contributed by atoms with Crippen LogP contribution in [0, 0.1) is 0 Å². The molecule has 7 heteroatoms. The van der Waals surface area contributed by atoms with Crippen molar-refractivity contribution >= 4 is 21.6 Å². The smallest absolute Gasteiger partial charge is 0.232 e. The number of nitrogens with one attached hydrogen (secondary N) is 1. The molecule has 6 nitrogen and oxygen atoms in total. The van der Waals surface area contributed by atoms with E-state index in [-0.39, 0.29) is 24.3 Å². The van der Waals surface area contributed by atoms with Crippen molar-refractivity contribution < 1.29 is 17.9 Å². The molecule has 0 saturated heterocycles. The Morgan fingerprint density at radius 1 is 1.00 bits per heavy atom. The first-order valence-corrected chi connectivity index (χ1v) is 13.9. The first-order chi connectivity index (χ1) is 16.0. The molecule has 2 aromatic rings. The number of rotatable bonds is 13. The summed E-state index contributed by atoms with van der Waals surface area (Å²) in [6.07, 6.45) is 5.10. The van der Waals surface area contributed by atoms with Crippen molar-refractivity contribution in [2.24, 2.45) is 0 Å². The molecule has 1 amide bonds. The number of anilines is 1. The van der Waals surface area contributed by atoms with Crippen molar-refractivity contribution in [2.75, 3.05) is 30.3 Å². The van der Waals surface area contributed by atoms with E-state index in [9.17, 15) is 13.2 Å². The number of hydrogen-bond donors (Lipinski definition) is 1. The lowest BCUT2D eigenvalue weighted by Crippen LogP contribution is -2.32. The molecule has 0 radical (unpaired) electrons. The lowest BCUT2D eigenvalue weighted by atomic mass is 9.87. The average Bonchev–Trinajstić information content (AvgIpc) is 2.77. The van der Waals surface area contributed by atoms with Gasteiger partial charge in [0.1, 0.15) is 12.4 Å². The summed E-state index contributed by atoms with van der Waals surface area (Å²) in [5, 5.41) is 2.84. The highest BCUT2D eigenvalue weighted by molar-refractivity contribution is 7.92. The Labute approximate surface area is 205 Å². The van der Waals surface area contributed by atoms with Crippen molar-refractivity contribution in [2.45, 2.75) is 65.2 Å². The van der Waals surface area contributed by atoms with Gasteiger partial charge in [-0.1, -0.05) is 58.4 Å². The summed E-state index contributed by atoms with van der Waals surface area (Å²) in [7, 11) is -3.43. The van der Waals surface area contributed by atoms with Crippen LogP contribution >= 0.6 is 0 Å². The zero-order valence-corrected chi connectivity index (χ0v) is 22.1. The van der Waals surface area contributed by atoms with Crippen LogP contribution in [0.1, 0.15) is 64.5 Å². The van der Waals surface area contributed by atoms with Crippen molar-refractivity contribution in [1.29, 1.82) is 0 Å². The number of nitrogens with zero attached hydrogens (tertiary/aromatic N) is 1. The maximum Gasteiger partial charge on any atom is 0.232 e. The van der Waals surface area contributed by atoms with Gasteiger partial charge in [-0.3, -0.25) is 9.10 Å². The van der Waals surface area contributed by atoms with Gasteiger partial charge in [-0.15, -0.1) is 0 Å². The number of hydrogen-bond acceptors (Lipinski definition) is 4. The van der Waals surface area contributed by atoms with E-state index in [0.29, 0.717) is 25.3 Å². The molecule has 1 N–H and O–H groups in total. The highest BCUT2D eigenvalue weighted by atomic mass is 32.2. The van der Waals surface area contributed by atoms with Gasteiger partial charge in [0.2, 0.25) is 15.9 Å². The lowest BCUT2D eigenvalue weighted by Gasteiger charge is -2.22. The van der Waals surface area contributed by atoms with Crippen LogP contribution in [0.25, 0.3) is 0 Å². The van der Waals surface area contributed by atoms with Gasteiger partial charge in [0.15, 0.2) is 0 Å². The zero-order chi connectivity index (χ0) is 25.2. The van der Waals surface area contributed by atoms with Crippen LogP contribution in [-0.4, -0.2) is 40.3 Å². The van der Waals surface area contributed by atoms with Crippen LogP contribution in [-0.2, 0) is 26.7 Å². The van der Waals surface area contributed by atoms with Crippen molar-refractivity contribution in [3.8, 4) is 5.75 Å². The summed E-state index contributed by atoms with van der Waals surface area (Å²) in [6, 6.07) is 15.6. The van der Waals surface area contributed by atoms with Gasteiger partial charge < -0.3 is 10.1 Å². The predicted octanol–water partition coefficient (Wildman–Crippen LogP) is 5.07. The molecular formula is C27H40N2O4S. The van der Waals surface area contributed by atoms with Crippen LogP contribution < -0.4 is 14.4 Å². The summed E-state index contributed by atoms with van der Waals surface area (Å²) >= 11 is 0. The standard InChI is InChI=1S/C27H40N2O4S/c1-6-7-9-22-11-15-24(16-12-22)29(34(5,31)32)20-8-10-26(30)28-19-21-33-25-17-13-23(14-18-25)27(2,3)4/h11-18H,6-10,19-21H2,1-5H3,(H,28,30). The molecule has 34 heavy (non-hydrogen) atoms. The van der Waals surface area contributed by atoms with Gasteiger partial charge >= 0.3 is 0 Å². The minimum Gasteiger partial charge on any atom is -0.492 e. The van der Waals surface area contributed by atoms with E-state index < -0.39 is 10.0 Å². The molecule has 2 rings (SSSR count). The number of ether oxygens (including phenoxy) is 1. The van der Waals surface area contributed by atoms with E-state index in [1.807, 2.05) is 36.4 Å². The van der Waals surface area contributed by atoms with E-state index in [0.717, 1.165) is 25.0 Å². The number of unbranched alkanes of at least 4 members (excludes halogenated alkanes) is 1. The van der Waals surface area contributed by atoms with Gasteiger partial charge in [-0.05, 0) is 60.1 Å². The first-order valence-electron chi connectivity index (χ1n) is 12.1. The third-order valence-electron chi connectivity index (χ3n) is 5.62. The minimum atomic E-state index is -3.43. The summed E-state index contributed by atoms with van der Waals surface area (Å²) < 4.78 is 31.7. The molecular weight excluding hydrogens is 448 g/mol. The second kappa shape index (κ2) is 12.8. The first kappa shape index (κ1) is 27.7. The van der Waals surface area contributed by atoms with Crippen molar-refractivity contribution in [3.05, 3.63) is 59.7 Å². The summed E-state index contributed by atoms with van der Waals surface area (Å²) in [5.41, 5.74) is 3.17. The number of benzene rings is 2. The molecule has 0 unspecified atom stereocenters. The third kappa shape index (κ3) is 9.37. The summed E-state index contributed by atoms with van der Waals surface area (Å²) in [4.78, 5) is 12.2. The quantitative estimate of drug-likeness (QED) is 0.400. The number of amides is 1. The van der Waals surface area contributed by atoms with Gasteiger partial charge in [-0.2, -0.15) is 0 Å². The highest BCUT2D eigenvalue weighted by Gasteiger charge is 2.17. The molecule has 188 valence electrons. The molecule has 0 saturated carbocycles. The Morgan fingerprint density at radius 3 is 2.21 bits per heavy atom. The van der Waals surface area contributed by atoms with Crippen LogP contribution in [0.15, 0.2) is 48.5 Å². The number of aryl methyl sites for hydroxylation is 1. The fourth-order valence-corrected chi connectivity index (χ4v) is 4.54. The Hall–Kier alpha value is -2.54. The predicted molar refractivity (Wildman–Crippen MR) is 140 cm³/mol. The second-order valence-electron chi connectivity index (χ2n) is 9.68. The largest absolute Gasteiger partial charge is 0.492 e. The molecule has 0 aliphatic heterocycles. The van der Waals surface area contributed by atoms with Crippen LogP contribution in [0.3, 0.4) is 0 Å². The van der Waals surface area contributed by atoms with Gasteiger partial charge in [0.25, 0.3) is 0 Å². The zero-order valence-electron chi connectivity index (χ0n) is 21.3. The second-order valence-corrected chi connectivity index (χ2v) is 11.6. The van der Waals surface area contributed by atoms with E-state index in [1.165, 1.54) is 21.7 Å². The van der Waals surface area contributed by atoms with Gasteiger partial charge in [0.05, 0.1) is 18.5 Å². The topological polar surface area (TPSA) is 75.7 Å². The molecule has 0 aliphatic carbocycles. The molecule has 0 aromatic heterocycles. The Balaban J connectivity index is 1.75. The molecule has 2 aromatic carbocycles. The number of sulfonamides is 1. The summed E-state index contributed by atoms with van der Waals surface area (Å²) in [5.74, 6) is 0.654. The monoisotopic (exact) mass is 488 g/mol. The maximum absolute atomic E-state index is 12.3. The average molecular weight is 489 g/mol. The van der Waals surface area contributed by atoms with E-state index >= 15 is 0 Å². The molecule has 0 fully saturated rings. The van der Waals surface area contributed by atoms with Crippen LogP contribution in [0.5, 0.6) is 5.75 Å². The van der Waals surface area contributed by atoms with Gasteiger partial charge in [0, 0.05) is 13.0 Å². The molecule has 0 atom stereocenters. The van der Waals surface area contributed by atoms with Gasteiger partial charge in [-0.25, -0.2) is 8.42 Å². The molecule has 0 heterocycles. The highest BCUT2D eigenvalue weighted by Crippen LogP contribution is 2.24. The van der Waals surface area contributed by atoms with Crippen molar-refractivity contribution in [1.82, 2.24) is 5.32 Å². The fraction of sp³-hybridized carbons (Fsp3) is 0.519. The SMILES string of the molecule is CCCCc1ccc(N(CCCC(=O)NCCOc2ccc(C(C)(C)C)cc2)S(C)(=O)=O)cc1. The van der Waals surface area contributed by atoms with Crippen LogP contribution in [0.2, 0.25) is 0 Å².